The van der Waals surface area contributed by atoms with E-state index in [1.807, 2.05) is 50.2 Å². The van der Waals surface area contributed by atoms with Gasteiger partial charge in [-0.15, -0.1) is 0 Å². The molecule has 0 aliphatic heterocycles. The summed E-state index contributed by atoms with van der Waals surface area (Å²) in [4.78, 5) is 17.3. The van der Waals surface area contributed by atoms with Crippen molar-refractivity contribution in [3.63, 3.8) is 0 Å². The van der Waals surface area contributed by atoms with Crippen molar-refractivity contribution in [3.05, 3.63) is 120 Å². The van der Waals surface area contributed by atoms with Crippen molar-refractivity contribution in [1.82, 2.24) is 0 Å². The number of hydrogen-bond donors (Lipinski definition) is 1. The predicted octanol–water partition coefficient (Wildman–Crippen LogP) is 6.28. The van der Waals surface area contributed by atoms with Gasteiger partial charge in [0, 0.05) is 16.8 Å². The number of ether oxygens (including phenoxy) is 1. The van der Waals surface area contributed by atoms with E-state index in [-0.39, 0.29) is 21.8 Å². The molecule has 0 saturated heterocycles. The molecule has 0 saturated carbocycles. The summed E-state index contributed by atoms with van der Waals surface area (Å²) < 4.78 is 32.8. The molecular weight excluding hydrogens is 472 g/mol. The summed E-state index contributed by atoms with van der Waals surface area (Å²) in [5.41, 5.74) is 2.11. The summed E-state index contributed by atoms with van der Waals surface area (Å²) in [7, 11) is -3.87. The zero-order valence-corrected chi connectivity index (χ0v) is 20.8. The van der Waals surface area contributed by atoms with E-state index in [0.717, 1.165) is 5.56 Å². The Labute approximate surface area is 211 Å². The summed E-state index contributed by atoms with van der Waals surface area (Å²) in [6, 6.07) is 30.8. The molecule has 7 heteroatoms. The van der Waals surface area contributed by atoms with Crippen LogP contribution in [-0.2, 0) is 14.6 Å². The molecule has 0 aliphatic rings. The Bertz CT molecular complexity index is 1480. The molecule has 0 fully saturated rings. The summed E-state index contributed by atoms with van der Waals surface area (Å²) in [5, 5.41) is 2.75. The number of carbonyl (C=O) groups excluding carboxylic acids is 1. The van der Waals surface area contributed by atoms with Crippen LogP contribution in [0.15, 0.2) is 124 Å². The van der Waals surface area contributed by atoms with E-state index in [1.54, 1.807) is 48.5 Å². The minimum absolute atomic E-state index is 0.0659. The van der Waals surface area contributed by atoms with Gasteiger partial charge in [-0.05, 0) is 74.5 Å². The fraction of sp³-hybridized carbons (Fsp3) is 0.103. The number of aliphatic imine (C=N–C) groups is 1. The van der Waals surface area contributed by atoms with E-state index in [4.69, 9.17) is 4.74 Å². The molecule has 6 nitrogen and oxygen atoms in total. The van der Waals surface area contributed by atoms with Gasteiger partial charge in [0.1, 0.15) is 0 Å². The predicted molar refractivity (Wildman–Crippen MR) is 142 cm³/mol. The lowest BCUT2D eigenvalue weighted by atomic mass is 10.2. The van der Waals surface area contributed by atoms with Gasteiger partial charge in [0.25, 0.3) is 5.91 Å². The zero-order valence-electron chi connectivity index (χ0n) is 20.0. The number of carbonyl (C=O) groups is 1. The molecule has 0 aromatic heterocycles. The number of amides is 1. The third kappa shape index (κ3) is 6.06. The monoisotopic (exact) mass is 498 g/mol. The number of nitrogens with one attached hydrogen (secondary N) is 1. The van der Waals surface area contributed by atoms with Crippen LogP contribution in [0.1, 0.15) is 29.8 Å². The van der Waals surface area contributed by atoms with Gasteiger partial charge in [0.05, 0.1) is 21.6 Å². The van der Waals surface area contributed by atoms with Gasteiger partial charge >= 0.3 is 0 Å². The zero-order chi connectivity index (χ0) is 25.5. The standard InChI is InChI=1S/C29H26N2O4S/c1-21(2)35-29(23-13-7-4-8-14-23)31-25-16-10-18-27(20-25)36(33,34)26-17-9-15-24(19-26)30-28(32)22-11-5-3-6-12-22/h3-21H,1-2H3,(H,30,32). The fourth-order valence-corrected chi connectivity index (χ4v) is 4.82. The molecule has 1 amide bonds. The first-order valence-electron chi connectivity index (χ1n) is 11.5. The number of benzene rings is 4. The van der Waals surface area contributed by atoms with Crippen molar-refractivity contribution in [2.24, 2.45) is 4.99 Å². The van der Waals surface area contributed by atoms with Gasteiger partial charge in [-0.2, -0.15) is 0 Å². The van der Waals surface area contributed by atoms with E-state index >= 15 is 0 Å². The number of rotatable bonds is 7. The maximum atomic E-state index is 13.4. The molecule has 0 atom stereocenters. The van der Waals surface area contributed by atoms with Crippen molar-refractivity contribution in [2.45, 2.75) is 29.7 Å². The highest BCUT2D eigenvalue weighted by Crippen LogP contribution is 2.27. The average molecular weight is 499 g/mol. The summed E-state index contributed by atoms with van der Waals surface area (Å²) in [6.45, 7) is 3.81. The van der Waals surface area contributed by atoms with E-state index in [1.165, 1.54) is 24.3 Å². The number of hydrogen-bond acceptors (Lipinski definition) is 5. The van der Waals surface area contributed by atoms with Crippen molar-refractivity contribution < 1.29 is 17.9 Å². The second-order valence-electron chi connectivity index (χ2n) is 8.30. The topological polar surface area (TPSA) is 84.8 Å². The lowest BCUT2D eigenvalue weighted by Crippen LogP contribution is -2.13. The average Bonchev–Trinajstić information content (AvgIpc) is 2.89. The molecule has 182 valence electrons. The van der Waals surface area contributed by atoms with E-state index < -0.39 is 9.84 Å². The second-order valence-corrected chi connectivity index (χ2v) is 10.2. The summed E-state index contributed by atoms with van der Waals surface area (Å²) >= 11 is 0. The Morgan fingerprint density at radius 2 is 1.33 bits per heavy atom. The van der Waals surface area contributed by atoms with E-state index in [9.17, 15) is 13.2 Å². The lowest BCUT2D eigenvalue weighted by Gasteiger charge is -2.13. The molecule has 0 unspecified atom stereocenters. The Kier molecular flexibility index (Phi) is 7.61. The van der Waals surface area contributed by atoms with Crippen LogP contribution in [0.4, 0.5) is 11.4 Å². The quantitative estimate of drug-likeness (QED) is 0.240. The molecular formula is C29H26N2O4S. The molecule has 1 N–H and O–H groups in total. The first kappa shape index (κ1) is 24.9. The van der Waals surface area contributed by atoms with Crippen LogP contribution in [-0.4, -0.2) is 26.3 Å². The van der Waals surface area contributed by atoms with Gasteiger partial charge < -0.3 is 10.1 Å². The van der Waals surface area contributed by atoms with Crippen LogP contribution in [0, 0.1) is 0 Å². The minimum Gasteiger partial charge on any atom is -0.475 e. The highest BCUT2D eigenvalue weighted by Gasteiger charge is 2.19. The fourth-order valence-electron chi connectivity index (χ4n) is 3.47. The molecule has 4 aromatic rings. The van der Waals surface area contributed by atoms with Gasteiger partial charge in [0.2, 0.25) is 15.7 Å². The van der Waals surface area contributed by atoms with Crippen molar-refractivity contribution >= 4 is 33.0 Å². The highest BCUT2D eigenvalue weighted by atomic mass is 32.2. The normalized spacial score (nSPS) is 11.8. The third-order valence-electron chi connectivity index (χ3n) is 5.16. The lowest BCUT2D eigenvalue weighted by molar-refractivity contribution is 0.102. The molecule has 4 rings (SSSR count). The maximum Gasteiger partial charge on any atom is 0.255 e. The number of nitrogens with zero attached hydrogens (tertiary/aromatic N) is 1. The number of sulfone groups is 1. The van der Waals surface area contributed by atoms with Crippen LogP contribution in [0.25, 0.3) is 0 Å². The molecule has 0 heterocycles. The SMILES string of the molecule is CC(C)OC(=Nc1cccc(S(=O)(=O)c2cccc(NC(=O)c3ccccc3)c2)c1)c1ccccc1. The second kappa shape index (κ2) is 11.0. The first-order chi connectivity index (χ1) is 17.3. The van der Waals surface area contributed by atoms with Gasteiger partial charge in [-0.1, -0.05) is 48.5 Å². The Morgan fingerprint density at radius 3 is 1.97 bits per heavy atom. The van der Waals surface area contributed by atoms with E-state index in [2.05, 4.69) is 10.3 Å². The highest BCUT2D eigenvalue weighted by molar-refractivity contribution is 7.91. The van der Waals surface area contributed by atoms with Crippen LogP contribution in [0.5, 0.6) is 0 Å². The van der Waals surface area contributed by atoms with Crippen LogP contribution in [0.3, 0.4) is 0 Å². The van der Waals surface area contributed by atoms with Crippen molar-refractivity contribution in [2.75, 3.05) is 5.32 Å². The Balaban J connectivity index is 1.64. The summed E-state index contributed by atoms with van der Waals surface area (Å²) in [6.07, 6.45) is -0.107. The first-order valence-corrected chi connectivity index (χ1v) is 12.9. The largest absolute Gasteiger partial charge is 0.475 e. The smallest absolute Gasteiger partial charge is 0.255 e. The van der Waals surface area contributed by atoms with Crippen molar-refractivity contribution in [1.29, 1.82) is 0 Å². The van der Waals surface area contributed by atoms with Crippen molar-refractivity contribution in [3.8, 4) is 0 Å². The third-order valence-corrected chi connectivity index (χ3v) is 6.91. The van der Waals surface area contributed by atoms with Crippen LogP contribution < -0.4 is 5.32 Å². The summed E-state index contributed by atoms with van der Waals surface area (Å²) in [5.74, 6) is 0.0887. The molecule has 0 aliphatic carbocycles. The van der Waals surface area contributed by atoms with Gasteiger partial charge in [-0.3, -0.25) is 4.79 Å². The Morgan fingerprint density at radius 1 is 0.750 bits per heavy atom. The van der Waals surface area contributed by atoms with Gasteiger partial charge in [-0.25, -0.2) is 13.4 Å². The molecule has 0 bridgehead atoms. The molecule has 4 aromatic carbocycles. The van der Waals surface area contributed by atoms with Gasteiger partial charge in [0.15, 0.2) is 0 Å². The van der Waals surface area contributed by atoms with E-state index in [0.29, 0.717) is 22.8 Å². The number of anilines is 1. The molecule has 36 heavy (non-hydrogen) atoms. The van der Waals surface area contributed by atoms with Crippen LogP contribution >= 0.6 is 0 Å². The van der Waals surface area contributed by atoms with Crippen LogP contribution in [0.2, 0.25) is 0 Å². The Hall–Kier alpha value is -4.23. The maximum absolute atomic E-state index is 13.4. The molecule has 0 spiro atoms. The minimum atomic E-state index is -3.87. The molecule has 0 radical (unpaired) electrons.